The average Bonchev–Trinajstić information content (AvgIpc) is 2.58. The summed E-state index contributed by atoms with van der Waals surface area (Å²) in [5.74, 6) is 0.743. The van der Waals surface area contributed by atoms with Gasteiger partial charge < -0.3 is 15.0 Å². The first-order valence-electron chi connectivity index (χ1n) is 7.98. The number of rotatable bonds is 4. The number of nitrogens with zero attached hydrogens (tertiary/aromatic N) is 1. The second-order valence-electron chi connectivity index (χ2n) is 6.19. The molecule has 0 spiro atoms. The van der Waals surface area contributed by atoms with E-state index in [1.807, 2.05) is 18.2 Å². The van der Waals surface area contributed by atoms with E-state index in [1.54, 1.807) is 35.2 Å². The minimum atomic E-state index is -0.186. The lowest BCUT2D eigenvalue weighted by Gasteiger charge is -2.31. The molecule has 0 radical (unpaired) electrons. The van der Waals surface area contributed by atoms with Crippen molar-refractivity contribution in [3.05, 3.63) is 54.1 Å². The molecular weight excluding hydrogens is 304 g/mol. The number of ether oxygens (including phenoxy) is 1. The van der Waals surface area contributed by atoms with E-state index in [4.69, 9.17) is 4.74 Å². The molecule has 1 aliphatic heterocycles. The Labute approximate surface area is 141 Å². The lowest BCUT2D eigenvalue weighted by molar-refractivity contribution is -0.121. The molecule has 0 saturated carbocycles. The monoisotopic (exact) mass is 324 g/mol. The Balaban J connectivity index is 1.85. The highest BCUT2D eigenvalue weighted by molar-refractivity contribution is 6.05. The molecular formula is C19H20N2O3. The number of carbonyl (C=O) groups excluding carboxylic acids is 2. The molecule has 1 N–H and O–H groups in total. The van der Waals surface area contributed by atoms with Gasteiger partial charge in [0.25, 0.3) is 11.8 Å². The summed E-state index contributed by atoms with van der Waals surface area (Å²) in [6.45, 7) is 4.79. The van der Waals surface area contributed by atoms with Crippen LogP contribution in [0.3, 0.4) is 0 Å². The zero-order valence-electron chi connectivity index (χ0n) is 13.8. The molecule has 0 fully saturated rings. The first-order valence-corrected chi connectivity index (χ1v) is 7.98. The van der Waals surface area contributed by atoms with Gasteiger partial charge in [-0.1, -0.05) is 32.0 Å². The standard InChI is InChI=1S/C19H20N2O3/c1-13(2)11-21-16-10-15(8-9-17(16)24-12-18(21)22)20-19(23)14-6-4-3-5-7-14/h3-10,13H,11-12H2,1-2H3,(H,20,23). The first-order chi connectivity index (χ1) is 11.5. The zero-order valence-corrected chi connectivity index (χ0v) is 13.8. The van der Waals surface area contributed by atoms with E-state index in [0.29, 0.717) is 35.2 Å². The Morgan fingerprint density at radius 1 is 1.21 bits per heavy atom. The highest BCUT2D eigenvalue weighted by Crippen LogP contribution is 2.35. The van der Waals surface area contributed by atoms with Crippen molar-refractivity contribution >= 4 is 23.2 Å². The van der Waals surface area contributed by atoms with Crippen LogP contribution in [-0.2, 0) is 4.79 Å². The maximum absolute atomic E-state index is 12.3. The van der Waals surface area contributed by atoms with Gasteiger partial charge in [-0.15, -0.1) is 0 Å². The molecule has 0 unspecified atom stereocenters. The van der Waals surface area contributed by atoms with Crippen molar-refractivity contribution in [1.29, 1.82) is 0 Å². The maximum atomic E-state index is 12.3. The Morgan fingerprint density at radius 3 is 2.67 bits per heavy atom. The Bertz CT molecular complexity index is 756. The van der Waals surface area contributed by atoms with E-state index in [-0.39, 0.29) is 18.4 Å². The van der Waals surface area contributed by atoms with E-state index < -0.39 is 0 Å². The number of hydrogen-bond acceptors (Lipinski definition) is 3. The largest absolute Gasteiger partial charge is 0.482 e. The van der Waals surface area contributed by atoms with Crippen molar-refractivity contribution in [3.63, 3.8) is 0 Å². The molecule has 0 saturated heterocycles. The van der Waals surface area contributed by atoms with Crippen LogP contribution in [0.5, 0.6) is 5.75 Å². The van der Waals surface area contributed by atoms with Gasteiger partial charge in [-0.05, 0) is 36.2 Å². The Morgan fingerprint density at radius 2 is 1.96 bits per heavy atom. The summed E-state index contributed by atoms with van der Waals surface area (Å²) in [5, 5.41) is 2.86. The van der Waals surface area contributed by atoms with E-state index in [1.165, 1.54) is 0 Å². The maximum Gasteiger partial charge on any atom is 0.265 e. The van der Waals surface area contributed by atoms with Gasteiger partial charge in [-0.25, -0.2) is 0 Å². The van der Waals surface area contributed by atoms with Crippen LogP contribution >= 0.6 is 0 Å². The number of nitrogens with one attached hydrogen (secondary N) is 1. The summed E-state index contributed by atoms with van der Waals surface area (Å²) in [7, 11) is 0. The Kier molecular flexibility index (Phi) is 4.51. The van der Waals surface area contributed by atoms with E-state index in [9.17, 15) is 9.59 Å². The van der Waals surface area contributed by atoms with Crippen molar-refractivity contribution < 1.29 is 14.3 Å². The molecule has 124 valence electrons. The van der Waals surface area contributed by atoms with Gasteiger partial charge in [0, 0.05) is 17.8 Å². The third-order valence-corrected chi connectivity index (χ3v) is 3.74. The SMILES string of the molecule is CC(C)CN1C(=O)COc2ccc(NC(=O)c3ccccc3)cc21. The van der Waals surface area contributed by atoms with Crippen LogP contribution in [0, 0.1) is 5.92 Å². The van der Waals surface area contributed by atoms with Gasteiger partial charge in [-0.3, -0.25) is 9.59 Å². The molecule has 1 aliphatic rings. The molecule has 24 heavy (non-hydrogen) atoms. The fraction of sp³-hybridized carbons (Fsp3) is 0.263. The van der Waals surface area contributed by atoms with Gasteiger partial charge in [0.2, 0.25) is 0 Å². The summed E-state index contributed by atoms with van der Waals surface area (Å²) >= 11 is 0. The number of carbonyl (C=O) groups is 2. The normalized spacial score (nSPS) is 13.5. The topological polar surface area (TPSA) is 58.6 Å². The van der Waals surface area contributed by atoms with Crippen LogP contribution in [0.25, 0.3) is 0 Å². The third-order valence-electron chi connectivity index (χ3n) is 3.74. The lowest BCUT2D eigenvalue weighted by Crippen LogP contribution is -2.41. The number of hydrogen-bond donors (Lipinski definition) is 1. The number of benzene rings is 2. The molecule has 2 amide bonds. The van der Waals surface area contributed by atoms with Crippen molar-refractivity contribution in [2.75, 3.05) is 23.4 Å². The second kappa shape index (κ2) is 6.74. The van der Waals surface area contributed by atoms with E-state index in [2.05, 4.69) is 19.2 Å². The summed E-state index contributed by atoms with van der Waals surface area (Å²) < 4.78 is 5.49. The van der Waals surface area contributed by atoms with Crippen LogP contribution in [0.1, 0.15) is 24.2 Å². The molecule has 0 aliphatic carbocycles. The minimum Gasteiger partial charge on any atom is -0.482 e. The van der Waals surface area contributed by atoms with Gasteiger partial charge in [0.1, 0.15) is 5.75 Å². The number of anilines is 2. The zero-order chi connectivity index (χ0) is 17.1. The van der Waals surface area contributed by atoms with Gasteiger partial charge in [-0.2, -0.15) is 0 Å². The first kappa shape index (κ1) is 16.1. The smallest absolute Gasteiger partial charge is 0.265 e. The summed E-state index contributed by atoms with van der Waals surface area (Å²) in [6.07, 6.45) is 0. The highest BCUT2D eigenvalue weighted by Gasteiger charge is 2.26. The average molecular weight is 324 g/mol. The fourth-order valence-corrected chi connectivity index (χ4v) is 2.64. The summed E-state index contributed by atoms with van der Waals surface area (Å²) in [4.78, 5) is 26.2. The van der Waals surface area contributed by atoms with Crippen LogP contribution < -0.4 is 15.0 Å². The molecule has 2 aromatic carbocycles. The highest BCUT2D eigenvalue weighted by atomic mass is 16.5. The third kappa shape index (κ3) is 3.40. The van der Waals surface area contributed by atoms with E-state index in [0.717, 1.165) is 0 Å². The predicted molar refractivity (Wildman–Crippen MR) is 93.5 cm³/mol. The Hall–Kier alpha value is -2.82. The van der Waals surface area contributed by atoms with Crippen molar-refractivity contribution in [2.45, 2.75) is 13.8 Å². The van der Waals surface area contributed by atoms with Crippen LogP contribution in [0.15, 0.2) is 48.5 Å². The van der Waals surface area contributed by atoms with Gasteiger partial charge >= 0.3 is 0 Å². The van der Waals surface area contributed by atoms with Gasteiger partial charge in [0.05, 0.1) is 5.69 Å². The molecule has 5 nitrogen and oxygen atoms in total. The molecule has 1 heterocycles. The molecule has 5 heteroatoms. The number of fused-ring (bicyclic) bond motifs is 1. The minimum absolute atomic E-state index is 0.0510. The molecule has 0 bridgehead atoms. The molecule has 0 aromatic heterocycles. The summed E-state index contributed by atoms with van der Waals surface area (Å²) in [5.41, 5.74) is 1.92. The summed E-state index contributed by atoms with van der Waals surface area (Å²) in [6, 6.07) is 14.4. The molecule has 3 rings (SSSR count). The molecule has 2 aromatic rings. The molecule has 0 atom stereocenters. The van der Waals surface area contributed by atoms with Crippen LogP contribution in [0.2, 0.25) is 0 Å². The fourth-order valence-electron chi connectivity index (χ4n) is 2.64. The quantitative estimate of drug-likeness (QED) is 0.938. The van der Waals surface area contributed by atoms with Gasteiger partial charge in [0.15, 0.2) is 6.61 Å². The predicted octanol–water partition coefficient (Wildman–Crippen LogP) is 3.32. The van der Waals surface area contributed by atoms with Crippen molar-refractivity contribution in [3.8, 4) is 5.75 Å². The van der Waals surface area contributed by atoms with E-state index >= 15 is 0 Å². The van der Waals surface area contributed by atoms with Crippen molar-refractivity contribution in [2.24, 2.45) is 5.92 Å². The second-order valence-corrected chi connectivity index (χ2v) is 6.19. The number of amides is 2. The van der Waals surface area contributed by atoms with Crippen LogP contribution in [-0.4, -0.2) is 25.0 Å². The lowest BCUT2D eigenvalue weighted by atomic mass is 10.1. The van der Waals surface area contributed by atoms with Crippen LogP contribution in [0.4, 0.5) is 11.4 Å². The van der Waals surface area contributed by atoms with Crippen molar-refractivity contribution in [1.82, 2.24) is 0 Å².